The predicted molar refractivity (Wildman–Crippen MR) is 181 cm³/mol. The normalized spacial score (nSPS) is 18.7. The number of para-hydroxylation sites is 1. The van der Waals surface area contributed by atoms with Gasteiger partial charge in [0.15, 0.2) is 0 Å². The summed E-state index contributed by atoms with van der Waals surface area (Å²) in [5.74, 6) is 0.285. The van der Waals surface area contributed by atoms with E-state index < -0.39 is 0 Å². The molecular weight excluding hydrogens is 560 g/mol. The van der Waals surface area contributed by atoms with E-state index in [1.807, 2.05) is 65.7 Å². The van der Waals surface area contributed by atoms with Gasteiger partial charge in [-0.15, -0.1) is 0 Å². The molecule has 2 aromatic carbocycles. The summed E-state index contributed by atoms with van der Waals surface area (Å²) in [6.45, 7) is 10.8. The molecule has 0 saturated carbocycles. The number of hydrogen-bond acceptors (Lipinski definition) is 5. The molecule has 2 N–H and O–H groups in total. The van der Waals surface area contributed by atoms with Gasteiger partial charge >= 0.3 is 0 Å². The van der Waals surface area contributed by atoms with Gasteiger partial charge in [0.2, 0.25) is 5.91 Å². The van der Waals surface area contributed by atoms with Crippen molar-refractivity contribution in [3.63, 3.8) is 0 Å². The highest BCUT2D eigenvalue weighted by molar-refractivity contribution is 5.95. The fourth-order valence-corrected chi connectivity index (χ4v) is 6.14. The van der Waals surface area contributed by atoms with Crippen LogP contribution in [0.5, 0.6) is 0 Å². The van der Waals surface area contributed by atoms with Crippen molar-refractivity contribution in [2.75, 3.05) is 31.1 Å². The molecule has 0 radical (unpaired) electrons. The maximum absolute atomic E-state index is 13.3. The fourth-order valence-electron chi connectivity index (χ4n) is 6.14. The largest absolute Gasteiger partial charge is 0.371 e. The Balaban J connectivity index is 1.18. The molecule has 1 aliphatic carbocycles. The maximum atomic E-state index is 13.3. The number of likely N-dealkylation sites (tertiary alicyclic amines) is 1. The Labute approximate surface area is 267 Å². The van der Waals surface area contributed by atoms with Crippen molar-refractivity contribution in [1.29, 1.82) is 0 Å². The molecule has 2 aliphatic heterocycles. The first-order chi connectivity index (χ1) is 21.6. The standard InChI is InChI=1S/C38H46N4O3/c1-27(43)30-19-21-41(22-20-30)37(45)32-10-8-9-28(13-14-32)25-42(34-11-6-5-7-12-34)26-29-23-35(39-24-29)40-36(44)31-15-17-33(18-16-31)38(2,3)4/h5-13,15-18,24,30,35,39H,14,19-23,25-26H2,1-4H3,(H,40,44). The minimum absolute atomic E-state index is 0.0412. The molecule has 0 spiro atoms. The SMILES string of the molecule is CC(=O)C1CCN(C(=O)C2=CC=CC(CN(CC3=CNC(NC(=O)c4ccc(C(C)(C)C)cc4)C3)c3ccccc3)=CC2)CC1. The van der Waals surface area contributed by atoms with Gasteiger partial charge in [-0.1, -0.05) is 75.4 Å². The van der Waals surface area contributed by atoms with Gasteiger partial charge in [-0.3, -0.25) is 14.4 Å². The van der Waals surface area contributed by atoms with E-state index in [9.17, 15) is 14.4 Å². The molecule has 2 heterocycles. The van der Waals surface area contributed by atoms with Crippen LogP contribution in [0.1, 0.15) is 69.3 Å². The number of carbonyl (C=O) groups is 3. The van der Waals surface area contributed by atoms with Crippen molar-refractivity contribution in [1.82, 2.24) is 15.5 Å². The number of amides is 2. The minimum Gasteiger partial charge on any atom is -0.371 e. The third-order valence-electron chi connectivity index (χ3n) is 8.99. The number of benzene rings is 2. The van der Waals surface area contributed by atoms with E-state index in [0.717, 1.165) is 29.7 Å². The quantitative estimate of drug-likeness (QED) is 0.363. The number of hydrogen-bond donors (Lipinski definition) is 2. The molecule has 7 heteroatoms. The van der Waals surface area contributed by atoms with Crippen LogP contribution in [-0.4, -0.2) is 54.8 Å². The van der Waals surface area contributed by atoms with Crippen LogP contribution in [0.25, 0.3) is 0 Å². The second-order valence-corrected chi connectivity index (χ2v) is 13.4. The summed E-state index contributed by atoms with van der Waals surface area (Å²) in [7, 11) is 0. The summed E-state index contributed by atoms with van der Waals surface area (Å²) < 4.78 is 0. The predicted octanol–water partition coefficient (Wildman–Crippen LogP) is 6.06. The summed E-state index contributed by atoms with van der Waals surface area (Å²) >= 11 is 0. The van der Waals surface area contributed by atoms with Gasteiger partial charge in [0, 0.05) is 55.3 Å². The lowest BCUT2D eigenvalue weighted by Crippen LogP contribution is -2.41. The van der Waals surface area contributed by atoms with Crippen LogP contribution < -0.4 is 15.5 Å². The lowest BCUT2D eigenvalue weighted by molar-refractivity contribution is -0.131. The second-order valence-electron chi connectivity index (χ2n) is 13.4. The number of ketones is 1. The molecule has 0 aromatic heterocycles. The van der Waals surface area contributed by atoms with Crippen LogP contribution in [0.2, 0.25) is 0 Å². The minimum atomic E-state index is -0.164. The molecule has 7 nitrogen and oxygen atoms in total. The van der Waals surface area contributed by atoms with Gasteiger partial charge in [-0.25, -0.2) is 0 Å². The molecule has 3 aliphatic rings. The van der Waals surface area contributed by atoms with Gasteiger partial charge in [-0.2, -0.15) is 0 Å². The van der Waals surface area contributed by atoms with E-state index in [2.05, 4.69) is 60.6 Å². The van der Waals surface area contributed by atoms with Crippen LogP contribution >= 0.6 is 0 Å². The Morgan fingerprint density at radius 3 is 2.36 bits per heavy atom. The van der Waals surface area contributed by atoms with Gasteiger partial charge in [0.05, 0.1) is 0 Å². The number of allylic oxidation sites excluding steroid dienone is 3. The molecule has 45 heavy (non-hydrogen) atoms. The molecule has 1 fully saturated rings. The number of Topliss-reactive ketones (excluding diaryl/α,β-unsaturated/α-hetero) is 1. The van der Waals surface area contributed by atoms with Crippen molar-refractivity contribution in [3.8, 4) is 0 Å². The molecule has 2 amide bonds. The van der Waals surface area contributed by atoms with E-state index in [1.54, 1.807) is 6.92 Å². The Morgan fingerprint density at radius 2 is 1.69 bits per heavy atom. The zero-order valence-electron chi connectivity index (χ0n) is 27.0. The summed E-state index contributed by atoms with van der Waals surface area (Å²) in [5.41, 5.74) is 6.13. The average Bonchev–Trinajstić information content (AvgIpc) is 3.34. The van der Waals surface area contributed by atoms with Crippen molar-refractivity contribution in [2.24, 2.45) is 5.92 Å². The van der Waals surface area contributed by atoms with Crippen LogP contribution in [0.4, 0.5) is 5.69 Å². The van der Waals surface area contributed by atoms with Crippen molar-refractivity contribution >= 4 is 23.3 Å². The molecule has 0 bridgehead atoms. The molecule has 1 unspecified atom stereocenters. The van der Waals surface area contributed by atoms with Crippen LogP contribution in [0.15, 0.2) is 102 Å². The van der Waals surface area contributed by atoms with Gasteiger partial charge in [0.25, 0.3) is 5.91 Å². The van der Waals surface area contributed by atoms with Crippen LogP contribution in [-0.2, 0) is 15.0 Å². The molecular formula is C38H46N4O3. The van der Waals surface area contributed by atoms with E-state index in [1.165, 1.54) is 11.1 Å². The summed E-state index contributed by atoms with van der Waals surface area (Å²) in [5, 5.41) is 6.49. The number of rotatable bonds is 9. The number of nitrogens with zero attached hydrogens (tertiary/aromatic N) is 2. The Morgan fingerprint density at radius 1 is 0.978 bits per heavy atom. The number of carbonyl (C=O) groups excluding carboxylic acids is 3. The number of nitrogens with one attached hydrogen (secondary N) is 2. The number of anilines is 1. The van der Waals surface area contributed by atoms with Gasteiger partial charge in [0.1, 0.15) is 11.9 Å². The second kappa shape index (κ2) is 14.1. The van der Waals surface area contributed by atoms with Crippen LogP contribution in [0.3, 0.4) is 0 Å². The van der Waals surface area contributed by atoms with E-state index in [0.29, 0.717) is 44.6 Å². The third kappa shape index (κ3) is 8.41. The highest BCUT2D eigenvalue weighted by atomic mass is 16.2. The Hall–Kier alpha value is -4.39. The number of piperidine rings is 1. The zero-order valence-corrected chi connectivity index (χ0v) is 27.0. The summed E-state index contributed by atoms with van der Waals surface area (Å²) in [6, 6.07) is 18.2. The topological polar surface area (TPSA) is 81.8 Å². The first-order valence-corrected chi connectivity index (χ1v) is 16.1. The molecule has 1 atom stereocenters. The highest BCUT2D eigenvalue weighted by Crippen LogP contribution is 2.25. The Bertz CT molecular complexity index is 1500. The van der Waals surface area contributed by atoms with Crippen molar-refractivity contribution in [3.05, 3.63) is 113 Å². The first-order valence-electron chi connectivity index (χ1n) is 16.1. The molecule has 5 rings (SSSR count). The van der Waals surface area contributed by atoms with Crippen molar-refractivity contribution < 1.29 is 14.4 Å². The lowest BCUT2D eigenvalue weighted by atomic mass is 9.87. The van der Waals surface area contributed by atoms with Crippen molar-refractivity contribution in [2.45, 2.75) is 65.0 Å². The third-order valence-corrected chi connectivity index (χ3v) is 8.99. The average molecular weight is 607 g/mol. The molecule has 1 saturated heterocycles. The van der Waals surface area contributed by atoms with Gasteiger partial charge < -0.3 is 20.4 Å². The van der Waals surface area contributed by atoms with E-state index in [4.69, 9.17) is 0 Å². The molecule has 236 valence electrons. The maximum Gasteiger partial charge on any atom is 0.252 e. The zero-order chi connectivity index (χ0) is 32.0. The highest BCUT2D eigenvalue weighted by Gasteiger charge is 2.27. The smallest absolute Gasteiger partial charge is 0.252 e. The summed E-state index contributed by atoms with van der Waals surface area (Å²) in [6.07, 6.45) is 12.8. The lowest BCUT2D eigenvalue weighted by Gasteiger charge is -2.31. The monoisotopic (exact) mass is 606 g/mol. The fraction of sp³-hybridized carbons (Fsp3) is 0.395. The molecule has 2 aromatic rings. The van der Waals surface area contributed by atoms with Gasteiger partial charge in [-0.05, 0) is 78.8 Å². The van der Waals surface area contributed by atoms with E-state index >= 15 is 0 Å². The van der Waals surface area contributed by atoms with E-state index in [-0.39, 0.29) is 35.1 Å². The Kier molecular flexibility index (Phi) is 10.1. The van der Waals surface area contributed by atoms with Crippen LogP contribution in [0, 0.1) is 5.92 Å². The summed E-state index contributed by atoms with van der Waals surface area (Å²) in [4.78, 5) is 42.2. The first kappa shape index (κ1) is 32.0.